The summed E-state index contributed by atoms with van der Waals surface area (Å²) in [6.07, 6.45) is 28.9. The minimum absolute atomic E-state index is 0.119. The zero-order chi connectivity index (χ0) is 35.6. The Bertz CT molecular complexity index is 1510. The molecule has 0 saturated heterocycles. The molecule has 50 heavy (non-hydrogen) atoms. The van der Waals surface area contributed by atoms with Crippen LogP contribution in [0.1, 0.15) is 142 Å². The van der Waals surface area contributed by atoms with Crippen molar-refractivity contribution >= 4 is 35.1 Å². The Hall–Kier alpha value is -2.80. The fourth-order valence-electron chi connectivity index (χ4n) is 6.89. The predicted molar refractivity (Wildman–Crippen MR) is 209 cm³/mol. The van der Waals surface area contributed by atoms with Gasteiger partial charge in [0.2, 0.25) is 5.79 Å². The van der Waals surface area contributed by atoms with Gasteiger partial charge in [0.05, 0.1) is 32.5 Å². The van der Waals surface area contributed by atoms with Crippen LogP contribution >= 0.6 is 0 Å². The molecule has 0 saturated carbocycles. The van der Waals surface area contributed by atoms with Crippen molar-refractivity contribution in [3.8, 4) is 11.5 Å². The van der Waals surface area contributed by atoms with Gasteiger partial charge in [-0.2, -0.15) is 0 Å². The van der Waals surface area contributed by atoms with Gasteiger partial charge in [0, 0.05) is 14.2 Å². The van der Waals surface area contributed by atoms with Gasteiger partial charge in [-0.25, -0.2) is 0 Å². The Morgan fingerprint density at radius 1 is 0.580 bits per heavy atom. The summed E-state index contributed by atoms with van der Waals surface area (Å²) in [6.45, 7) is 11.5. The molecule has 0 heterocycles. The lowest BCUT2D eigenvalue weighted by Gasteiger charge is -2.34. The third-order valence-electron chi connectivity index (χ3n) is 9.93. The molecule has 0 fully saturated rings. The first-order valence-corrected chi connectivity index (χ1v) is 19.9. The standard InChI is InChI=1S/C44H66O6/c1-7-11-15-19-25-47-41-30-37-36-29-34(45-5)23-24-35(36)39-32-43(49-27-21-17-13-9-3)44(46-6,50-28-22-18-14-10-4)33-40(39)38(37)31-42(41)48-26-20-16-12-8-2/h23-24,29-34H,7-22,25-28H2,1-6H3. The van der Waals surface area contributed by atoms with E-state index in [1.165, 1.54) is 51.4 Å². The molecule has 2 aromatic carbocycles. The number of methoxy groups -OCH3 is 2. The fraction of sp³-hybridized carbons (Fsp3) is 0.636. The molecule has 0 spiro atoms. The summed E-state index contributed by atoms with van der Waals surface area (Å²) in [4.78, 5) is 0. The molecule has 2 aliphatic carbocycles. The van der Waals surface area contributed by atoms with E-state index >= 15 is 0 Å². The summed E-state index contributed by atoms with van der Waals surface area (Å²) >= 11 is 0. The van der Waals surface area contributed by atoms with Crippen molar-refractivity contribution in [3.63, 3.8) is 0 Å². The first kappa shape index (κ1) is 40.0. The molecule has 0 N–H and O–H groups in total. The molecular weight excluding hydrogens is 624 g/mol. The molecule has 6 nitrogen and oxygen atoms in total. The largest absolute Gasteiger partial charge is 0.492 e. The monoisotopic (exact) mass is 690 g/mol. The van der Waals surface area contributed by atoms with E-state index < -0.39 is 5.79 Å². The topological polar surface area (TPSA) is 55.4 Å². The summed E-state index contributed by atoms with van der Waals surface area (Å²) in [5, 5.41) is 4.38. The fourth-order valence-corrected chi connectivity index (χ4v) is 6.89. The van der Waals surface area contributed by atoms with Gasteiger partial charge in [0.25, 0.3) is 0 Å². The van der Waals surface area contributed by atoms with Gasteiger partial charge in [-0.1, -0.05) is 117 Å². The second-order valence-electron chi connectivity index (χ2n) is 13.9. The average molecular weight is 691 g/mol. The number of fused-ring (bicyclic) bond motifs is 6. The van der Waals surface area contributed by atoms with Crippen LogP contribution in [0.25, 0.3) is 35.1 Å². The second-order valence-corrected chi connectivity index (χ2v) is 13.9. The highest BCUT2D eigenvalue weighted by Gasteiger charge is 2.39. The van der Waals surface area contributed by atoms with E-state index in [-0.39, 0.29) is 6.10 Å². The lowest BCUT2D eigenvalue weighted by molar-refractivity contribution is -0.174. The van der Waals surface area contributed by atoms with Crippen LogP contribution in [-0.2, 0) is 18.9 Å². The van der Waals surface area contributed by atoms with Crippen LogP contribution in [-0.4, -0.2) is 52.5 Å². The molecule has 2 aromatic rings. The lowest BCUT2D eigenvalue weighted by Crippen LogP contribution is -2.41. The highest BCUT2D eigenvalue weighted by Crippen LogP contribution is 2.36. The highest BCUT2D eigenvalue weighted by atomic mass is 16.7. The molecule has 0 radical (unpaired) electrons. The van der Waals surface area contributed by atoms with Crippen molar-refractivity contribution in [3.05, 3.63) is 45.5 Å². The minimum Gasteiger partial charge on any atom is -0.492 e. The average Bonchev–Trinajstić information content (AvgIpc) is 3.14. The summed E-state index contributed by atoms with van der Waals surface area (Å²) in [7, 11) is 3.49. The number of rotatable bonds is 26. The first-order valence-electron chi connectivity index (χ1n) is 19.9. The molecule has 278 valence electrons. The van der Waals surface area contributed by atoms with Gasteiger partial charge in [0.1, 0.15) is 0 Å². The molecule has 2 atom stereocenters. The quantitative estimate of drug-likeness (QED) is 0.0724. The Labute approximate surface area is 302 Å². The lowest BCUT2D eigenvalue weighted by atomic mass is 9.87. The van der Waals surface area contributed by atoms with Gasteiger partial charge in [-0.3, -0.25) is 0 Å². The molecule has 2 unspecified atom stereocenters. The van der Waals surface area contributed by atoms with Crippen LogP contribution in [0.4, 0.5) is 0 Å². The summed E-state index contributed by atoms with van der Waals surface area (Å²) in [5.41, 5.74) is 2.24. The van der Waals surface area contributed by atoms with E-state index in [2.05, 4.69) is 70.2 Å². The summed E-state index contributed by atoms with van der Waals surface area (Å²) < 4.78 is 38.5. The van der Waals surface area contributed by atoms with E-state index in [1.807, 2.05) is 0 Å². The molecular formula is C44H66O6. The normalized spacial score (nSPS) is 17.9. The van der Waals surface area contributed by atoms with Crippen molar-refractivity contribution in [2.75, 3.05) is 40.6 Å². The van der Waals surface area contributed by atoms with Crippen LogP contribution in [0, 0.1) is 0 Å². The van der Waals surface area contributed by atoms with Crippen molar-refractivity contribution in [2.45, 2.75) is 142 Å². The molecule has 0 bridgehead atoms. The van der Waals surface area contributed by atoms with Crippen LogP contribution < -0.4 is 19.9 Å². The Balaban J connectivity index is 1.88. The number of hydrogen-bond acceptors (Lipinski definition) is 6. The van der Waals surface area contributed by atoms with Crippen LogP contribution in [0.15, 0.2) is 24.0 Å². The van der Waals surface area contributed by atoms with Crippen LogP contribution in [0.2, 0.25) is 0 Å². The molecule has 4 rings (SSSR count). The third-order valence-corrected chi connectivity index (χ3v) is 9.93. The number of hydrogen-bond donors (Lipinski definition) is 0. The zero-order valence-electron chi connectivity index (χ0n) is 32.2. The molecule has 6 heteroatoms. The Kier molecular flexibility index (Phi) is 17.2. The first-order chi connectivity index (χ1) is 24.5. The second kappa shape index (κ2) is 21.5. The van der Waals surface area contributed by atoms with Gasteiger partial charge < -0.3 is 28.4 Å². The van der Waals surface area contributed by atoms with Crippen molar-refractivity contribution in [2.24, 2.45) is 0 Å². The van der Waals surface area contributed by atoms with E-state index in [0.29, 0.717) is 32.2 Å². The summed E-state index contributed by atoms with van der Waals surface area (Å²) in [6, 6.07) is 4.38. The van der Waals surface area contributed by atoms with Gasteiger partial charge in [-0.15, -0.1) is 0 Å². The maximum Gasteiger partial charge on any atom is 0.248 e. The Morgan fingerprint density at radius 3 is 1.62 bits per heavy atom. The SMILES string of the molecule is CCCCCCOC1=Cc2c3c(c4cc(OCCCCCC)c(OCCCCCC)cc4c2=CC1(OC)OCCCCCC)=CC(OC)C=C3. The third kappa shape index (κ3) is 10.6. The summed E-state index contributed by atoms with van der Waals surface area (Å²) in [5.74, 6) is 1.18. The maximum absolute atomic E-state index is 6.71. The van der Waals surface area contributed by atoms with Crippen molar-refractivity contribution < 1.29 is 28.4 Å². The smallest absolute Gasteiger partial charge is 0.248 e. The molecule has 0 aromatic heterocycles. The Morgan fingerprint density at radius 2 is 1.10 bits per heavy atom. The number of unbranched alkanes of at least 4 members (excludes halogenated alkanes) is 12. The molecule has 0 aliphatic heterocycles. The number of benzene rings is 2. The van der Waals surface area contributed by atoms with E-state index in [4.69, 9.17) is 28.4 Å². The van der Waals surface area contributed by atoms with E-state index in [1.54, 1.807) is 14.2 Å². The van der Waals surface area contributed by atoms with Crippen molar-refractivity contribution in [1.82, 2.24) is 0 Å². The zero-order valence-corrected chi connectivity index (χ0v) is 32.2. The van der Waals surface area contributed by atoms with Crippen molar-refractivity contribution in [1.29, 1.82) is 0 Å². The van der Waals surface area contributed by atoms with Crippen LogP contribution in [0.3, 0.4) is 0 Å². The number of ether oxygens (including phenoxy) is 6. The van der Waals surface area contributed by atoms with Gasteiger partial charge in [-0.05, 0) is 88.4 Å². The van der Waals surface area contributed by atoms with E-state index in [9.17, 15) is 0 Å². The van der Waals surface area contributed by atoms with Gasteiger partial charge >= 0.3 is 0 Å². The molecule has 2 aliphatic rings. The van der Waals surface area contributed by atoms with Gasteiger partial charge in [0.15, 0.2) is 17.3 Å². The minimum atomic E-state index is -1.13. The van der Waals surface area contributed by atoms with E-state index in [0.717, 1.165) is 95.2 Å². The molecule has 0 amide bonds. The van der Waals surface area contributed by atoms with Crippen LogP contribution in [0.5, 0.6) is 11.5 Å². The predicted octanol–water partition coefficient (Wildman–Crippen LogP) is 10.3. The maximum atomic E-state index is 6.71. The highest BCUT2D eigenvalue weighted by molar-refractivity contribution is 5.95.